The molecule has 0 spiro atoms. The summed E-state index contributed by atoms with van der Waals surface area (Å²) in [7, 11) is 0. The normalized spacial score (nSPS) is 25.3. The molecular weight excluding hydrogens is 268 g/mol. The molecule has 2 aliphatic heterocycles. The van der Waals surface area contributed by atoms with Gasteiger partial charge in [-0.05, 0) is 31.4 Å². The number of carbonyl (C=O) groups is 2. The molecule has 0 radical (unpaired) electrons. The lowest BCUT2D eigenvalue weighted by Crippen LogP contribution is -2.46. The molecule has 112 valence electrons. The van der Waals surface area contributed by atoms with Gasteiger partial charge in [0, 0.05) is 25.3 Å². The van der Waals surface area contributed by atoms with Crippen molar-refractivity contribution in [1.82, 2.24) is 5.32 Å². The predicted octanol–water partition coefficient (Wildman–Crippen LogP) is 1.48. The van der Waals surface area contributed by atoms with Crippen LogP contribution in [0.25, 0.3) is 0 Å². The van der Waals surface area contributed by atoms with Crippen molar-refractivity contribution in [2.24, 2.45) is 0 Å². The second kappa shape index (κ2) is 6.26. The monoisotopic (exact) mass is 288 g/mol. The fourth-order valence-electron chi connectivity index (χ4n) is 2.98. The van der Waals surface area contributed by atoms with Crippen LogP contribution in [-0.2, 0) is 14.3 Å². The maximum absolute atomic E-state index is 12.4. The van der Waals surface area contributed by atoms with Crippen molar-refractivity contribution in [3.05, 3.63) is 30.3 Å². The summed E-state index contributed by atoms with van der Waals surface area (Å²) in [6.45, 7) is 1.31. The third-order valence-corrected chi connectivity index (χ3v) is 4.08. The molecule has 0 aliphatic carbocycles. The number of hydrogen-bond acceptors (Lipinski definition) is 3. The number of carbonyl (C=O) groups excluding carboxylic acids is 2. The molecule has 2 unspecified atom stereocenters. The van der Waals surface area contributed by atoms with E-state index in [1.54, 1.807) is 4.90 Å². The van der Waals surface area contributed by atoms with Crippen LogP contribution >= 0.6 is 0 Å². The highest BCUT2D eigenvalue weighted by Crippen LogP contribution is 2.26. The molecule has 0 bridgehead atoms. The van der Waals surface area contributed by atoms with Gasteiger partial charge in [0.25, 0.3) is 0 Å². The molecule has 1 aromatic carbocycles. The average Bonchev–Trinajstić information content (AvgIpc) is 3.15. The summed E-state index contributed by atoms with van der Waals surface area (Å²) in [6.07, 6.45) is 3.17. The van der Waals surface area contributed by atoms with Crippen LogP contribution in [0.1, 0.15) is 25.7 Å². The van der Waals surface area contributed by atoms with Crippen LogP contribution in [0.4, 0.5) is 5.69 Å². The van der Waals surface area contributed by atoms with Crippen LogP contribution in [0.15, 0.2) is 30.3 Å². The van der Waals surface area contributed by atoms with Gasteiger partial charge >= 0.3 is 0 Å². The molecule has 3 rings (SSSR count). The Morgan fingerprint density at radius 3 is 2.81 bits per heavy atom. The van der Waals surface area contributed by atoms with E-state index in [4.69, 9.17) is 4.74 Å². The second-order valence-electron chi connectivity index (χ2n) is 5.53. The van der Waals surface area contributed by atoms with Crippen LogP contribution in [-0.4, -0.2) is 37.1 Å². The van der Waals surface area contributed by atoms with Gasteiger partial charge < -0.3 is 10.1 Å². The zero-order valence-electron chi connectivity index (χ0n) is 12.0. The molecule has 0 saturated carbocycles. The zero-order chi connectivity index (χ0) is 14.7. The summed E-state index contributed by atoms with van der Waals surface area (Å²) in [4.78, 5) is 26.1. The molecular formula is C16H20N2O3. The Balaban J connectivity index is 1.65. The van der Waals surface area contributed by atoms with Crippen molar-refractivity contribution in [2.75, 3.05) is 18.1 Å². The maximum Gasteiger partial charge on any atom is 0.243 e. The SMILES string of the molecule is O=C(NCC1CCCO1)C1CCC(=O)N1c1ccccc1. The van der Waals surface area contributed by atoms with E-state index in [0.717, 1.165) is 25.1 Å². The minimum absolute atomic E-state index is 0.0125. The van der Waals surface area contributed by atoms with E-state index in [9.17, 15) is 9.59 Å². The first-order valence-electron chi connectivity index (χ1n) is 7.52. The van der Waals surface area contributed by atoms with Gasteiger partial charge in [-0.2, -0.15) is 0 Å². The molecule has 1 aromatic rings. The summed E-state index contributed by atoms with van der Waals surface area (Å²) in [5, 5.41) is 2.93. The second-order valence-corrected chi connectivity index (χ2v) is 5.53. The molecule has 2 fully saturated rings. The van der Waals surface area contributed by atoms with Gasteiger partial charge in [-0.15, -0.1) is 0 Å². The Bertz CT molecular complexity index is 512. The van der Waals surface area contributed by atoms with Crippen LogP contribution in [0, 0.1) is 0 Å². The van der Waals surface area contributed by atoms with E-state index < -0.39 is 6.04 Å². The fourth-order valence-corrected chi connectivity index (χ4v) is 2.98. The lowest BCUT2D eigenvalue weighted by atomic mass is 10.1. The van der Waals surface area contributed by atoms with Gasteiger partial charge in [0.1, 0.15) is 6.04 Å². The Morgan fingerprint density at radius 1 is 1.29 bits per heavy atom. The number of rotatable bonds is 4. The van der Waals surface area contributed by atoms with Gasteiger partial charge in [-0.3, -0.25) is 14.5 Å². The molecule has 2 aliphatic rings. The van der Waals surface area contributed by atoms with Crippen LogP contribution in [0.3, 0.4) is 0 Å². The van der Waals surface area contributed by atoms with E-state index in [1.807, 2.05) is 30.3 Å². The van der Waals surface area contributed by atoms with Crippen LogP contribution < -0.4 is 10.2 Å². The predicted molar refractivity (Wildman–Crippen MR) is 78.9 cm³/mol. The van der Waals surface area contributed by atoms with E-state index in [2.05, 4.69) is 5.32 Å². The number of benzene rings is 1. The number of nitrogens with one attached hydrogen (secondary N) is 1. The van der Waals surface area contributed by atoms with Gasteiger partial charge in [0.2, 0.25) is 11.8 Å². The fraction of sp³-hybridized carbons (Fsp3) is 0.500. The van der Waals surface area contributed by atoms with E-state index >= 15 is 0 Å². The number of hydrogen-bond donors (Lipinski definition) is 1. The van der Waals surface area contributed by atoms with Gasteiger partial charge in [0.05, 0.1) is 6.10 Å². The number of para-hydroxylation sites is 1. The van der Waals surface area contributed by atoms with Crippen LogP contribution in [0.5, 0.6) is 0 Å². The molecule has 5 nitrogen and oxygen atoms in total. The molecule has 2 atom stereocenters. The van der Waals surface area contributed by atoms with Crippen molar-refractivity contribution in [1.29, 1.82) is 0 Å². The highest BCUT2D eigenvalue weighted by atomic mass is 16.5. The maximum atomic E-state index is 12.4. The summed E-state index contributed by atoms with van der Waals surface area (Å²) in [5.74, 6) is -0.0707. The third-order valence-electron chi connectivity index (χ3n) is 4.08. The highest BCUT2D eigenvalue weighted by Gasteiger charge is 2.37. The average molecular weight is 288 g/mol. The molecule has 2 saturated heterocycles. The standard InChI is InChI=1S/C16H20N2O3/c19-15-9-8-14(18(15)12-5-2-1-3-6-12)16(20)17-11-13-7-4-10-21-13/h1-3,5-6,13-14H,4,7-11H2,(H,17,20). The minimum atomic E-state index is -0.402. The topological polar surface area (TPSA) is 58.6 Å². The summed E-state index contributed by atoms with van der Waals surface area (Å²) in [6, 6.07) is 8.98. The first kappa shape index (κ1) is 14.1. The Hall–Kier alpha value is -1.88. The molecule has 2 heterocycles. The number of nitrogens with zero attached hydrogens (tertiary/aromatic N) is 1. The number of anilines is 1. The highest BCUT2D eigenvalue weighted by molar-refractivity contribution is 6.03. The van der Waals surface area contributed by atoms with Gasteiger partial charge in [0.15, 0.2) is 0 Å². The molecule has 1 N–H and O–H groups in total. The molecule has 0 aromatic heterocycles. The van der Waals surface area contributed by atoms with E-state index in [1.165, 1.54) is 0 Å². The largest absolute Gasteiger partial charge is 0.376 e. The Kier molecular flexibility index (Phi) is 4.20. The van der Waals surface area contributed by atoms with Crippen LogP contribution in [0.2, 0.25) is 0 Å². The molecule has 5 heteroatoms. The minimum Gasteiger partial charge on any atom is -0.376 e. The quantitative estimate of drug-likeness (QED) is 0.913. The summed E-state index contributed by atoms with van der Waals surface area (Å²) >= 11 is 0. The van der Waals surface area contributed by atoms with E-state index in [-0.39, 0.29) is 17.9 Å². The Labute approximate surface area is 124 Å². The van der Waals surface area contributed by atoms with Crippen molar-refractivity contribution >= 4 is 17.5 Å². The third kappa shape index (κ3) is 3.08. The first-order chi connectivity index (χ1) is 10.3. The summed E-state index contributed by atoms with van der Waals surface area (Å²) in [5.41, 5.74) is 0.789. The smallest absolute Gasteiger partial charge is 0.243 e. The van der Waals surface area contributed by atoms with Crippen molar-refractivity contribution < 1.29 is 14.3 Å². The first-order valence-corrected chi connectivity index (χ1v) is 7.52. The molecule has 2 amide bonds. The number of amides is 2. The zero-order valence-corrected chi connectivity index (χ0v) is 12.0. The van der Waals surface area contributed by atoms with Crippen molar-refractivity contribution in [3.8, 4) is 0 Å². The Morgan fingerprint density at radius 2 is 2.10 bits per heavy atom. The van der Waals surface area contributed by atoms with E-state index in [0.29, 0.717) is 19.4 Å². The van der Waals surface area contributed by atoms with Gasteiger partial charge in [-0.25, -0.2) is 0 Å². The van der Waals surface area contributed by atoms with Gasteiger partial charge in [-0.1, -0.05) is 18.2 Å². The lowest BCUT2D eigenvalue weighted by molar-refractivity contribution is -0.124. The van der Waals surface area contributed by atoms with Crippen molar-refractivity contribution in [2.45, 2.75) is 37.8 Å². The number of ether oxygens (including phenoxy) is 1. The summed E-state index contributed by atoms with van der Waals surface area (Å²) < 4.78 is 5.50. The lowest BCUT2D eigenvalue weighted by Gasteiger charge is -2.24. The van der Waals surface area contributed by atoms with Crippen molar-refractivity contribution in [3.63, 3.8) is 0 Å². The molecule has 21 heavy (non-hydrogen) atoms.